The van der Waals surface area contributed by atoms with Crippen LogP contribution in [-0.2, 0) is 4.79 Å². The summed E-state index contributed by atoms with van der Waals surface area (Å²) in [6.45, 7) is 1.52. The molecule has 0 aliphatic heterocycles. The van der Waals surface area contributed by atoms with Gasteiger partial charge in [-0.1, -0.05) is 0 Å². The van der Waals surface area contributed by atoms with Gasteiger partial charge in [-0.05, 0) is 42.8 Å². The maximum atomic E-state index is 11.6. The van der Waals surface area contributed by atoms with Gasteiger partial charge >= 0.3 is 0 Å². The maximum Gasteiger partial charge on any atom is 0.251 e. The third kappa shape index (κ3) is 3.24. The summed E-state index contributed by atoms with van der Waals surface area (Å²) in [7, 11) is 1.54. The van der Waals surface area contributed by atoms with Crippen LogP contribution in [0, 0.1) is 0 Å². The van der Waals surface area contributed by atoms with Crippen molar-refractivity contribution in [3.8, 4) is 5.75 Å². The summed E-state index contributed by atoms with van der Waals surface area (Å²) >= 11 is 5.23. The number of amides is 1. The highest BCUT2D eigenvalue weighted by Crippen LogP contribution is 2.11. The van der Waals surface area contributed by atoms with E-state index >= 15 is 0 Å². The fraction of sp³-hybridized carbons (Fsp3) is 0.273. The molecule has 0 fully saturated rings. The normalized spacial score (nSPS) is 11.7. The molecule has 1 atom stereocenters. The molecule has 86 valence electrons. The minimum atomic E-state index is -0.698. The van der Waals surface area contributed by atoms with Crippen molar-refractivity contribution in [1.82, 2.24) is 5.32 Å². The number of benzene rings is 1. The summed E-state index contributed by atoms with van der Waals surface area (Å²) in [5.74, 6) is 0.321. The zero-order chi connectivity index (χ0) is 12.1. The molecule has 1 amide bonds. The van der Waals surface area contributed by atoms with Gasteiger partial charge in [-0.25, -0.2) is 0 Å². The molecule has 0 spiro atoms. The number of methoxy groups -OCH3 is 1. The molecule has 1 aromatic rings. The Balaban J connectivity index is 2.69. The van der Waals surface area contributed by atoms with Crippen molar-refractivity contribution in [3.63, 3.8) is 0 Å². The van der Waals surface area contributed by atoms with Crippen molar-refractivity contribution in [1.29, 1.82) is 0 Å². The smallest absolute Gasteiger partial charge is 0.251 e. The number of nitrogens with one attached hydrogen (secondary N) is 1. The van der Waals surface area contributed by atoms with Crippen molar-refractivity contribution in [2.24, 2.45) is 0 Å². The molecule has 0 aliphatic carbocycles. The lowest BCUT2D eigenvalue weighted by Crippen LogP contribution is -2.36. The van der Waals surface area contributed by atoms with Gasteiger partial charge in [0.15, 0.2) is 0 Å². The maximum absolute atomic E-state index is 11.6. The predicted octanol–water partition coefficient (Wildman–Crippen LogP) is 1.58. The number of carbonyl (C=O) groups is 2. The first kappa shape index (κ1) is 12.5. The van der Waals surface area contributed by atoms with E-state index < -0.39 is 11.3 Å². The minimum absolute atomic E-state index is 0.343. The molecule has 1 rings (SSSR count). The van der Waals surface area contributed by atoms with E-state index in [1.54, 1.807) is 31.4 Å². The number of ether oxygens (including phenoxy) is 1. The highest BCUT2D eigenvalue weighted by atomic mass is 35.5. The van der Waals surface area contributed by atoms with Crippen molar-refractivity contribution >= 4 is 22.8 Å². The molecule has 1 unspecified atom stereocenters. The molecule has 0 saturated heterocycles. The molecular formula is C11H12ClNO3. The van der Waals surface area contributed by atoms with E-state index in [-0.39, 0.29) is 5.91 Å². The summed E-state index contributed by atoms with van der Waals surface area (Å²) in [4.78, 5) is 22.3. The van der Waals surface area contributed by atoms with Gasteiger partial charge in [-0.3, -0.25) is 9.59 Å². The molecule has 1 aromatic carbocycles. The third-order valence-corrected chi connectivity index (χ3v) is 2.37. The van der Waals surface area contributed by atoms with Crippen LogP contribution in [0.2, 0.25) is 0 Å². The summed E-state index contributed by atoms with van der Waals surface area (Å²) in [6.07, 6.45) is 0. The molecule has 5 heteroatoms. The molecule has 0 radical (unpaired) electrons. The first-order valence-corrected chi connectivity index (χ1v) is 5.06. The number of rotatable bonds is 4. The van der Waals surface area contributed by atoms with E-state index in [0.717, 1.165) is 0 Å². The fourth-order valence-electron chi connectivity index (χ4n) is 1.08. The molecule has 0 aliphatic rings. The van der Waals surface area contributed by atoms with Crippen LogP contribution in [0.15, 0.2) is 24.3 Å². The Labute approximate surface area is 98.5 Å². The van der Waals surface area contributed by atoms with E-state index in [4.69, 9.17) is 16.3 Å². The Morgan fingerprint density at radius 2 is 1.88 bits per heavy atom. The van der Waals surface area contributed by atoms with Crippen molar-refractivity contribution in [2.75, 3.05) is 7.11 Å². The zero-order valence-electron chi connectivity index (χ0n) is 8.99. The van der Waals surface area contributed by atoms with Crippen LogP contribution in [0.4, 0.5) is 0 Å². The topological polar surface area (TPSA) is 55.4 Å². The van der Waals surface area contributed by atoms with Gasteiger partial charge in [0.05, 0.1) is 7.11 Å². The van der Waals surface area contributed by atoms with E-state index in [9.17, 15) is 9.59 Å². The van der Waals surface area contributed by atoms with Crippen LogP contribution in [0.5, 0.6) is 5.75 Å². The SMILES string of the molecule is COc1ccc(C(=O)NC(C)C(=O)Cl)cc1. The van der Waals surface area contributed by atoms with Crippen molar-refractivity contribution in [3.05, 3.63) is 29.8 Å². The Morgan fingerprint density at radius 3 is 2.31 bits per heavy atom. The summed E-state index contributed by atoms with van der Waals surface area (Å²) in [6, 6.07) is 5.86. The Bertz CT molecular complexity index is 389. The highest BCUT2D eigenvalue weighted by molar-refractivity contribution is 6.64. The van der Waals surface area contributed by atoms with Crippen LogP contribution in [0.3, 0.4) is 0 Å². The van der Waals surface area contributed by atoms with E-state index in [1.165, 1.54) is 6.92 Å². The summed E-state index contributed by atoms with van der Waals surface area (Å²) < 4.78 is 4.96. The van der Waals surface area contributed by atoms with E-state index in [2.05, 4.69) is 5.32 Å². The van der Waals surface area contributed by atoms with Gasteiger partial charge in [0.1, 0.15) is 11.8 Å². The first-order chi connectivity index (χ1) is 7.54. The van der Waals surface area contributed by atoms with E-state index in [1.807, 2.05) is 0 Å². The molecule has 0 bridgehead atoms. The third-order valence-electron chi connectivity index (χ3n) is 2.04. The van der Waals surface area contributed by atoms with Crippen LogP contribution < -0.4 is 10.1 Å². The lowest BCUT2D eigenvalue weighted by Gasteiger charge is -2.09. The highest BCUT2D eigenvalue weighted by Gasteiger charge is 2.14. The standard InChI is InChI=1S/C11H12ClNO3/c1-7(10(12)14)13-11(15)8-3-5-9(16-2)6-4-8/h3-7H,1-2H3,(H,13,15). The quantitative estimate of drug-likeness (QED) is 0.815. The summed E-state index contributed by atoms with van der Waals surface area (Å²) in [5.41, 5.74) is 0.450. The first-order valence-electron chi connectivity index (χ1n) is 4.69. The molecular weight excluding hydrogens is 230 g/mol. The Kier molecular flexibility index (Phi) is 4.31. The van der Waals surface area contributed by atoms with Gasteiger partial charge in [-0.15, -0.1) is 0 Å². The monoisotopic (exact) mass is 241 g/mol. The number of hydrogen-bond donors (Lipinski definition) is 1. The second-order valence-electron chi connectivity index (χ2n) is 3.23. The Morgan fingerprint density at radius 1 is 1.31 bits per heavy atom. The second-order valence-corrected chi connectivity index (χ2v) is 3.60. The van der Waals surface area contributed by atoms with Crippen molar-refractivity contribution < 1.29 is 14.3 Å². The van der Waals surface area contributed by atoms with Gasteiger partial charge in [0, 0.05) is 5.56 Å². The van der Waals surface area contributed by atoms with Crippen LogP contribution in [-0.4, -0.2) is 24.3 Å². The van der Waals surface area contributed by atoms with Crippen molar-refractivity contribution in [2.45, 2.75) is 13.0 Å². The molecule has 0 aromatic heterocycles. The lowest BCUT2D eigenvalue weighted by molar-refractivity contribution is -0.113. The van der Waals surface area contributed by atoms with Crippen LogP contribution in [0.1, 0.15) is 17.3 Å². The Hall–Kier alpha value is -1.55. The van der Waals surface area contributed by atoms with Gasteiger partial charge < -0.3 is 10.1 Å². The largest absolute Gasteiger partial charge is 0.497 e. The zero-order valence-corrected chi connectivity index (χ0v) is 9.75. The van der Waals surface area contributed by atoms with Crippen LogP contribution in [0.25, 0.3) is 0 Å². The second kappa shape index (κ2) is 5.51. The van der Waals surface area contributed by atoms with Crippen LogP contribution >= 0.6 is 11.6 Å². The minimum Gasteiger partial charge on any atom is -0.497 e. The molecule has 1 N–H and O–H groups in total. The predicted molar refractivity (Wildman–Crippen MR) is 60.8 cm³/mol. The molecule has 0 saturated carbocycles. The fourth-order valence-corrected chi connectivity index (χ4v) is 1.13. The number of hydrogen-bond acceptors (Lipinski definition) is 3. The average molecular weight is 242 g/mol. The summed E-state index contributed by atoms with van der Waals surface area (Å²) in [5, 5.41) is 1.88. The molecule has 0 heterocycles. The van der Waals surface area contributed by atoms with E-state index in [0.29, 0.717) is 11.3 Å². The van der Waals surface area contributed by atoms with Gasteiger partial charge in [-0.2, -0.15) is 0 Å². The van der Waals surface area contributed by atoms with Gasteiger partial charge in [0.25, 0.3) is 5.91 Å². The van der Waals surface area contributed by atoms with Gasteiger partial charge in [0.2, 0.25) is 5.24 Å². The molecule has 16 heavy (non-hydrogen) atoms. The number of halogens is 1. The molecule has 4 nitrogen and oxygen atoms in total. The lowest BCUT2D eigenvalue weighted by atomic mass is 10.2. The number of carbonyl (C=O) groups excluding carboxylic acids is 2. The average Bonchev–Trinajstić information content (AvgIpc) is 2.28.